The van der Waals surface area contributed by atoms with E-state index in [-0.39, 0.29) is 11.8 Å². The number of aromatic nitrogens is 1. The van der Waals surface area contributed by atoms with Crippen LogP contribution in [-0.2, 0) is 4.79 Å². The fourth-order valence-electron chi connectivity index (χ4n) is 1.91. The molecule has 1 aromatic heterocycles. The third-order valence-electron chi connectivity index (χ3n) is 2.76. The van der Waals surface area contributed by atoms with E-state index in [1.54, 1.807) is 11.1 Å². The molecule has 4 heteroatoms. The van der Waals surface area contributed by atoms with E-state index >= 15 is 0 Å². The molecule has 1 unspecified atom stereocenters. The zero-order valence-corrected chi connectivity index (χ0v) is 11.3. The number of pyridine rings is 1. The highest BCUT2D eigenvalue weighted by molar-refractivity contribution is 14.1. The van der Waals surface area contributed by atoms with Crippen LogP contribution >= 0.6 is 22.6 Å². The molecule has 0 bridgehead atoms. The first-order chi connectivity index (χ1) is 7.61. The lowest BCUT2D eigenvalue weighted by Gasteiger charge is -2.17. The molecule has 1 aliphatic heterocycles. The zero-order valence-electron chi connectivity index (χ0n) is 9.11. The van der Waals surface area contributed by atoms with E-state index in [0.29, 0.717) is 13.0 Å². The average molecular weight is 328 g/mol. The SMILES string of the molecule is C=CC1CC(=O)N(c2ncc(I)cc2C)C1. The molecule has 0 radical (unpaired) electrons. The van der Waals surface area contributed by atoms with Crippen LogP contribution in [0.4, 0.5) is 5.82 Å². The van der Waals surface area contributed by atoms with E-state index in [0.717, 1.165) is 15.0 Å². The minimum atomic E-state index is 0.140. The highest BCUT2D eigenvalue weighted by atomic mass is 127. The van der Waals surface area contributed by atoms with E-state index in [1.807, 2.05) is 19.1 Å². The minimum Gasteiger partial charge on any atom is -0.296 e. The fourth-order valence-corrected chi connectivity index (χ4v) is 2.52. The highest BCUT2D eigenvalue weighted by Gasteiger charge is 2.30. The van der Waals surface area contributed by atoms with Gasteiger partial charge in [-0.1, -0.05) is 6.08 Å². The van der Waals surface area contributed by atoms with Gasteiger partial charge in [0.2, 0.25) is 5.91 Å². The summed E-state index contributed by atoms with van der Waals surface area (Å²) in [5.74, 6) is 1.18. The molecule has 1 fully saturated rings. The molecule has 0 aromatic carbocycles. The Morgan fingerprint density at radius 2 is 2.44 bits per heavy atom. The molecule has 3 nitrogen and oxygen atoms in total. The first-order valence-corrected chi connectivity index (χ1v) is 6.24. The van der Waals surface area contributed by atoms with Crippen molar-refractivity contribution in [1.82, 2.24) is 4.98 Å². The van der Waals surface area contributed by atoms with Crippen LogP contribution in [0.2, 0.25) is 0 Å². The predicted molar refractivity (Wildman–Crippen MR) is 72.3 cm³/mol. The van der Waals surface area contributed by atoms with Crippen LogP contribution < -0.4 is 4.90 Å². The molecule has 1 saturated heterocycles. The van der Waals surface area contributed by atoms with Gasteiger partial charge in [0.05, 0.1) is 0 Å². The number of hydrogen-bond donors (Lipinski definition) is 0. The second-order valence-corrected chi connectivity index (χ2v) is 5.24. The molecule has 0 aliphatic carbocycles. The van der Waals surface area contributed by atoms with Crippen molar-refractivity contribution in [3.05, 3.63) is 34.1 Å². The fraction of sp³-hybridized carbons (Fsp3) is 0.333. The van der Waals surface area contributed by atoms with Crippen molar-refractivity contribution in [1.29, 1.82) is 0 Å². The molecular formula is C12H13IN2O. The molecule has 0 saturated carbocycles. The molecule has 84 valence electrons. The maximum absolute atomic E-state index is 11.8. The lowest BCUT2D eigenvalue weighted by Crippen LogP contribution is -2.26. The second-order valence-electron chi connectivity index (χ2n) is 4.00. The standard InChI is InChI=1S/C12H13IN2O/c1-3-9-5-11(16)15(7-9)12-8(2)4-10(13)6-14-12/h3-4,6,9H,1,5,7H2,2H3. The van der Waals surface area contributed by atoms with Crippen molar-refractivity contribution in [2.24, 2.45) is 5.92 Å². The van der Waals surface area contributed by atoms with E-state index in [9.17, 15) is 4.79 Å². The van der Waals surface area contributed by atoms with Crippen molar-refractivity contribution in [2.75, 3.05) is 11.4 Å². The summed E-state index contributed by atoms with van der Waals surface area (Å²) >= 11 is 2.22. The Balaban J connectivity index is 2.31. The topological polar surface area (TPSA) is 33.2 Å². The summed E-state index contributed by atoms with van der Waals surface area (Å²) in [6.07, 6.45) is 4.19. The normalized spacial score (nSPS) is 20.2. The van der Waals surface area contributed by atoms with Gasteiger partial charge in [0, 0.05) is 28.7 Å². The second kappa shape index (κ2) is 4.53. The summed E-state index contributed by atoms with van der Waals surface area (Å²) in [6, 6.07) is 2.04. The molecule has 16 heavy (non-hydrogen) atoms. The van der Waals surface area contributed by atoms with Crippen molar-refractivity contribution in [2.45, 2.75) is 13.3 Å². The zero-order chi connectivity index (χ0) is 11.7. The third kappa shape index (κ3) is 2.11. The smallest absolute Gasteiger partial charge is 0.228 e. The van der Waals surface area contributed by atoms with Crippen LogP contribution in [0.15, 0.2) is 24.9 Å². The predicted octanol–water partition coefficient (Wildman–Crippen LogP) is 2.53. The van der Waals surface area contributed by atoms with Gasteiger partial charge >= 0.3 is 0 Å². The van der Waals surface area contributed by atoms with E-state index in [1.165, 1.54) is 0 Å². The van der Waals surface area contributed by atoms with Gasteiger partial charge in [0.15, 0.2) is 0 Å². The Hall–Kier alpha value is -0.910. The molecule has 1 aromatic rings. The summed E-state index contributed by atoms with van der Waals surface area (Å²) in [5.41, 5.74) is 1.05. The average Bonchev–Trinajstić information content (AvgIpc) is 2.60. The van der Waals surface area contributed by atoms with Gasteiger partial charge in [-0.15, -0.1) is 6.58 Å². The van der Waals surface area contributed by atoms with E-state index in [2.05, 4.69) is 34.2 Å². The summed E-state index contributed by atoms with van der Waals surface area (Å²) in [4.78, 5) is 17.9. The monoisotopic (exact) mass is 328 g/mol. The number of nitrogens with zero attached hydrogens (tertiary/aromatic N) is 2. The number of aryl methyl sites for hydroxylation is 1. The van der Waals surface area contributed by atoms with Gasteiger partial charge < -0.3 is 0 Å². The molecule has 2 rings (SSSR count). The number of amides is 1. The van der Waals surface area contributed by atoms with Crippen LogP contribution in [0.25, 0.3) is 0 Å². The number of halogens is 1. The van der Waals surface area contributed by atoms with Crippen molar-refractivity contribution in [3.63, 3.8) is 0 Å². The lowest BCUT2D eigenvalue weighted by molar-refractivity contribution is -0.117. The minimum absolute atomic E-state index is 0.140. The van der Waals surface area contributed by atoms with Crippen molar-refractivity contribution >= 4 is 34.3 Å². The number of carbonyl (C=O) groups is 1. The molecular weight excluding hydrogens is 315 g/mol. The molecule has 1 amide bonds. The lowest BCUT2D eigenvalue weighted by atomic mass is 10.1. The quantitative estimate of drug-likeness (QED) is 0.617. The highest BCUT2D eigenvalue weighted by Crippen LogP contribution is 2.26. The van der Waals surface area contributed by atoms with E-state index in [4.69, 9.17) is 0 Å². The third-order valence-corrected chi connectivity index (χ3v) is 3.35. The number of hydrogen-bond acceptors (Lipinski definition) is 2. The molecule has 2 heterocycles. The van der Waals surface area contributed by atoms with Crippen LogP contribution in [0.1, 0.15) is 12.0 Å². The van der Waals surface area contributed by atoms with Crippen molar-refractivity contribution < 1.29 is 4.79 Å². The van der Waals surface area contributed by atoms with Crippen LogP contribution in [0.3, 0.4) is 0 Å². The summed E-state index contributed by atoms with van der Waals surface area (Å²) in [5, 5.41) is 0. The first kappa shape index (κ1) is 11.6. The van der Waals surface area contributed by atoms with Gasteiger partial charge in [0.1, 0.15) is 5.82 Å². The van der Waals surface area contributed by atoms with Gasteiger partial charge in [0.25, 0.3) is 0 Å². The Bertz CT molecular complexity index is 445. The molecule has 0 N–H and O–H groups in total. The molecule has 1 aliphatic rings. The maximum atomic E-state index is 11.8. The van der Waals surface area contributed by atoms with Gasteiger partial charge in [-0.05, 0) is 41.1 Å². The van der Waals surface area contributed by atoms with Crippen LogP contribution in [-0.4, -0.2) is 17.4 Å². The summed E-state index contributed by atoms with van der Waals surface area (Å²) in [7, 11) is 0. The van der Waals surface area contributed by atoms with Crippen molar-refractivity contribution in [3.8, 4) is 0 Å². The maximum Gasteiger partial charge on any atom is 0.228 e. The molecule has 1 atom stereocenters. The van der Waals surface area contributed by atoms with Crippen LogP contribution in [0.5, 0.6) is 0 Å². The first-order valence-electron chi connectivity index (χ1n) is 5.17. The van der Waals surface area contributed by atoms with Gasteiger partial charge in [-0.25, -0.2) is 4.98 Å². The number of anilines is 1. The summed E-state index contributed by atoms with van der Waals surface area (Å²) < 4.78 is 1.09. The largest absolute Gasteiger partial charge is 0.296 e. The van der Waals surface area contributed by atoms with E-state index < -0.39 is 0 Å². The number of carbonyl (C=O) groups excluding carboxylic acids is 1. The van der Waals surface area contributed by atoms with Gasteiger partial charge in [-0.3, -0.25) is 9.69 Å². The van der Waals surface area contributed by atoms with Gasteiger partial charge in [-0.2, -0.15) is 0 Å². The number of rotatable bonds is 2. The molecule has 0 spiro atoms. The Morgan fingerprint density at radius 1 is 1.69 bits per heavy atom. The Kier molecular flexibility index (Phi) is 3.28. The Labute approximate surface area is 109 Å². The van der Waals surface area contributed by atoms with Crippen LogP contribution in [0, 0.1) is 16.4 Å². The summed E-state index contributed by atoms with van der Waals surface area (Å²) in [6.45, 7) is 6.43. The Morgan fingerprint density at radius 3 is 3.00 bits per heavy atom.